The van der Waals surface area contributed by atoms with Gasteiger partial charge in [-0.25, -0.2) is 9.36 Å². The number of aliphatic hydroxyl groups excluding tert-OH is 10. The summed E-state index contributed by atoms with van der Waals surface area (Å²) in [6, 6.07) is 0. The lowest BCUT2D eigenvalue weighted by atomic mass is 9.84. The minimum Gasteiger partial charge on any atom is -0.462 e. The van der Waals surface area contributed by atoms with E-state index in [0.717, 1.165) is 96.0 Å². The number of unbranched alkanes of at least 4 members (excludes halogenated alkanes) is 35. The van der Waals surface area contributed by atoms with Crippen LogP contribution in [0, 0.1) is 0 Å². The van der Waals surface area contributed by atoms with Crippen LogP contribution in [0.15, 0.2) is 36.5 Å². The van der Waals surface area contributed by atoms with Gasteiger partial charge in [0.2, 0.25) is 0 Å². The van der Waals surface area contributed by atoms with Gasteiger partial charge in [0.1, 0.15) is 98.7 Å². The number of aliphatic hydroxyl groups is 10. The van der Waals surface area contributed by atoms with E-state index >= 15 is 0 Å². The molecule has 0 aromatic rings. The molecule has 2 saturated heterocycles. The van der Waals surface area contributed by atoms with E-state index in [-0.39, 0.29) is 12.8 Å². The van der Waals surface area contributed by atoms with Gasteiger partial charge in [0.15, 0.2) is 18.7 Å². The van der Waals surface area contributed by atoms with Gasteiger partial charge in [0.25, 0.3) is 0 Å². The zero-order valence-corrected chi connectivity index (χ0v) is 61.2. The number of allylic oxidation sites excluding steroid dienone is 5. The third kappa shape index (κ3) is 38.7. The molecule has 0 radical (unpaired) electrons. The van der Waals surface area contributed by atoms with Gasteiger partial charge in [-0.1, -0.05) is 250 Å². The fraction of sp³-hybridized carbons (Fsp3) is 0.878. The van der Waals surface area contributed by atoms with E-state index in [1.54, 1.807) is 6.08 Å². The fourth-order valence-electron chi connectivity index (χ4n) is 12.5. The van der Waals surface area contributed by atoms with Crippen molar-refractivity contribution in [3.63, 3.8) is 0 Å². The van der Waals surface area contributed by atoms with Crippen LogP contribution >= 0.6 is 7.82 Å². The maximum Gasteiger partial charge on any atom is 0.472 e. The van der Waals surface area contributed by atoms with Gasteiger partial charge in [-0.05, 0) is 51.4 Å². The highest BCUT2D eigenvalue weighted by molar-refractivity contribution is 7.47. The number of carbonyl (C=O) groups excluding carboxylic acids is 3. The number of carbonyl (C=O) groups is 3. The summed E-state index contributed by atoms with van der Waals surface area (Å²) in [4.78, 5) is 50.9. The van der Waals surface area contributed by atoms with Gasteiger partial charge >= 0.3 is 25.7 Å². The quantitative estimate of drug-likeness (QED) is 0.00512. The molecule has 18 unspecified atom stereocenters. The van der Waals surface area contributed by atoms with Crippen LogP contribution in [0.3, 0.4) is 0 Å². The summed E-state index contributed by atoms with van der Waals surface area (Å²) in [5.74, 6) is -2.24. The van der Waals surface area contributed by atoms with Crippen LogP contribution in [-0.4, -0.2) is 204 Å². The smallest absolute Gasteiger partial charge is 0.462 e. The number of rotatable bonds is 59. The summed E-state index contributed by atoms with van der Waals surface area (Å²) in [7, 11) is -5.71. The Labute approximate surface area is 591 Å². The Hall–Kier alpha value is -2.82. The molecule has 3 aliphatic rings. The summed E-state index contributed by atoms with van der Waals surface area (Å²) in [6.07, 6.45) is 18.4. The first-order valence-electron chi connectivity index (χ1n) is 38.3. The zero-order chi connectivity index (χ0) is 72.5. The van der Waals surface area contributed by atoms with Crippen molar-refractivity contribution in [2.45, 2.75) is 388 Å². The lowest BCUT2D eigenvalue weighted by molar-refractivity contribution is -0.360. The highest BCUT2D eigenvalue weighted by Gasteiger charge is 2.58. The van der Waals surface area contributed by atoms with Crippen molar-refractivity contribution >= 4 is 25.7 Å². The van der Waals surface area contributed by atoms with E-state index in [2.05, 4.69) is 32.9 Å². The molecule has 11 N–H and O–H groups in total. The summed E-state index contributed by atoms with van der Waals surface area (Å²) in [5.41, 5.74) is 0. The average molecular weight is 1440 g/mol. The molecule has 2 aliphatic heterocycles. The van der Waals surface area contributed by atoms with Gasteiger partial charge in [0, 0.05) is 18.9 Å². The molecule has 0 amide bonds. The number of phosphoric ester groups is 1. The first-order valence-corrected chi connectivity index (χ1v) is 39.8. The molecule has 0 bridgehead atoms. The van der Waals surface area contributed by atoms with Crippen LogP contribution in [0.4, 0.5) is 0 Å². The molecule has 578 valence electrons. The van der Waals surface area contributed by atoms with Crippen LogP contribution in [0.25, 0.3) is 0 Å². The van der Waals surface area contributed by atoms with E-state index in [1.807, 2.05) is 6.08 Å². The average Bonchev–Trinajstić information content (AvgIpc) is 0.762. The molecule has 3 fully saturated rings. The van der Waals surface area contributed by atoms with Crippen LogP contribution in [0.5, 0.6) is 0 Å². The summed E-state index contributed by atoms with van der Waals surface area (Å²) in [6.45, 7) is 3.35. The molecular weight excluding hydrogens is 1300 g/mol. The minimum absolute atomic E-state index is 0.0231. The van der Waals surface area contributed by atoms with Crippen molar-refractivity contribution < 1.29 is 117 Å². The predicted octanol–water partition coefficient (Wildman–Crippen LogP) is 10.7. The fourth-order valence-corrected chi connectivity index (χ4v) is 13.5. The lowest BCUT2D eigenvalue weighted by Crippen LogP contribution is -2.69. The molecule has 3 rings (SSSR count). The maximum atomic E-state index is 14.3. The Bertz CT molecular complexity index is 2190. The second kappa shape index (κ2) is 55.6. The van der Waals surface area contributed by atoms with Gasteiger partial charge in [-0.15, -0.1) is 0 Å². The number of ether oxygens (including phenoxy) is 7. The minimum atomic E-state index is -5.71. The standard InChI is InChI=1S/C74H133O24P/c1-4-7-10-13-16-19-22-25-27-29-32-35-38-41-44-47-50-60(78)93-55(52-90-58(76)48-45-42-39-36-33-30-24-21-18-15-12-9-6-3)53-92-99(88,89)98-72-70(96-73-68(86)63(81)61(79)56(51-75)94-73)66(84)65(83)67(85)71(72)97-74-69(87)64(82)62(80)57(95-74)54-91-59(77)49-46-43-40-37-34-31-28-26-23-20-17-14-11-8-5-2/h30,33,40,43,46,49,55-57,61-75,79-87H,4-29,31-32,34-39,41-42,44-45,47-48,50-54H2,1-3H3,(H,88,89)/b33-30-,43-40+,49-46+. The monoisotopic (exact) mass is 1440 g/mol. The van der Waals surface area contributed by atoms with Crippen molar-refractivity contribution in [1.82, 2.24) is 0 Å². The van der Waals surface area contributed by atoms with E-state index in [1.165, 1.54) is 154 Å². The van der Waals surface area contributed by atoms with E-state index in [9.17, 15) is 74.9 Å². The molecule has 2 heterocycles. The Kier molecular flexibility index (Phi) is 50.8. The second-order valence-corrected chi connectivity index (χ2v) is 28.8. The molecule has 0 aromatic carbocycles. The van der Waals surface area contributed by atoms with E-state index < -0.39 is 156 Å². The van der Waals surface area contributed by atoms with Crippen molar-refractivity contribution in [2.75, 3.05) is 26.4 Å². The molecule has 0 aromatic heterocycles. The van der Waals surface area contributed by atoms with Crippen molar-refractivity contribution in [2.24, 2.45) is 0 Å². The lowest BCUT2D eigenvalue weighted by Gasteiger charge is -2.49. The van der Waals surface area contributed by atoms with Crippen molar-refractivity contribution in [3.05, 3.63) is 36.5 Å². The number of hydrogen-bond acceptors (Lipinski definition) is 23. The molecule has 1 saturated carbocycles. The molecule has 24 nitrogen and oxygen atoms in total. The normalized spacial score (nSPS) is 27.7. The largest absolute Gasteiger partial charge is 0.472 e. The van der Waals surface area contributed by atoms with Crippen LogP contribution in [-0.2, 0) is 61.2 Å². The number of hydrogen-bond donors (Lipinski definition) is 11. The molecule has 99 heavy (non-hydrogen) atoms. The molecule has 0 spiro atoms. The summed E-state index contributed by atoms with van der Waals surface area (Å²) in [5, 5.41) is 110. The van der Waals surface area contributed by atoms with E-state index in [0.29, 0.717) is 12.8 Å². The number of esters is 3. The summed E-state index contributed by atoms with van der Waals surface area (Å²) >= 11 is 0. The summed E-state index contributed by atoms with van der Waals surface area (Å²) < 4.78 is 64.8. The Morgan fingerprint density at radius 3 is 1.23 bits per heavy atom. The SMILES string of the molecule is CCCCCCCC/C=C\CCCCCC(=O)OCC(COP(=O)(O)OC1C(OC2OC(CO)C(O)C(O)C2O)C(O)C(O)C(O)C1OC1OC(COC(=O)/C=C/C=C/CCCCCCCCCCCCC)C(O)C(O)C1O)OC(=O)CCCCCCCCCCCCCCCCCC. The van der Waals surface area contributed by atoms with Gasteiger partial charge in [0.05, 0.1) is 13.2 Å². The maximum absolute atomic E-state index is 14.3. The van der Waals surface area contributed by atoms with Gasteiger partial charge < -0.3 is 89.1 Å². The molecular formula is C74H133O24P. The van der Waals surface area contributed by atoms with Crippen LogP contribution in [0.1, 0.15) is 284 Å². The third-order valence-electron chi connectivity index (χ3n) is 18.7. The third-order valence-corrected chi connectivity index (χ3v) is 19.7. The molecule has 1 aliphatic carbocycles. The highest BCUT2D eigenvalue weighted by Crippen LogP contribution is 2.49. The molecule has 18 atom stereocenters. The molecule has 25 heteroatoms. The van der Waals surface area contributed by atoms with Gasteiger partial charge in [-0.2, -0.15) is 0 Å². The Balaban J connectivity index is 1.75. The zero-order valence-electron chi connectivity index (χ0n) is 60.3. The second-order valence-electron chi connectivity index (χ2n) is 27.4. The van der Waals surface area contributed by atoms with Crippen LogP contribution in [0.2, 0.25) is 0 Å². The Morgan fingerprint density at radius 1 is 0.414 bits per heavy atom. The highest BCUT2D eigenvalue weighted by atomic mass is 31.2. The first kappa shape index (κ1) is 90.4. The Morgan fingerprint density at radius 2 is 0.788 bits per heavy atom. The van der Waals surface area contributed by atoms with Crippen molar-refractivity contribution in [3.8, 4) is 0 Å². The van der Waals surface area contributed by atoms with E-state index in [4.69, 9.17) is 42.2 Å². The predicted molar refractivity (Wildman–Crippen MR) is 374 cm³/mol. The number of phosphoric acid groups is 1. The first-order chi connectivity index (χ1) is 47.8. The van der Waals surface area contributed by atoms with Crippen LogP contribution < -0.4 is 0 Å². The van der Waals surface area contributed by atoms with Gasteiger partial charge in [-0.3, -0.25) is 18.6 Å². The van der Waals surface area contributed by atoms with Crippen molar-refractivity contribution in [1.29, 1.82) is 0 Å². The topological polar surface area (TPSA) is 374 Å².